The molecule has 6 heteroatoms. The van der Waals surface area contributed by atoms with E-state index in [9.17, 15) is 0 Å². The molecule has 2 fully saturated rings. The second-order valence-corrected chi connectivity index (χ2v) is 6.90. The molecule has 1 atom stereocenters. The summed E-state index contributed by atoms with van der Waals surface area (Å²) in [5, 5.41) is 7.88. The van der Waals surface area contributed by atoms with Gasteiger partial charge in [0.05, 0.1) is 12.8 Å². The van der Waals surface area contributed by atoms with Crippen molar-refractivity contribution in [1.82, 2.24) is 24.9 Å². The summed E-state index contributed by atoms with van der Waals surface area (Å²) in [6, 6.07) is 8.94. The molecular weight excluding hydrogens is 314 g/mol. The van der Waals surface area contributed by atoms with Gasteiger partial charge < -0.3 is 10.1 Å². The van der Waals surface area contributed by atoms with Crippen LogP contribution in [0.4, 0.5) is 0 Å². The number of hydrogen-bond donors (Lipinski definition) is 1. The summed E-state index contributed by atoms with van der Waals surface area (Å²) in [6.45, 7) is 7.81. The highest BCUT2D eigenvalue weighted by Crippen LogP contribution is 2.23. The van der Waals surface area contributed by atoms with Gasteiger partial charge in [0, 0.05) is 57.7 Å². The zero-order valence-corrected chi connectivity index (χ0v) is 14.9. The molecule has 0 bridgehead atoms. The Morgan fingerprint density at radius 2 is 2.12 bits per heavy atom. The smallest absolute Gasteiger partial charge is 0.119 e. The van der Waals surface area contributed by atoms with Crippen molar-refractivity contribution in [2.45, 2.75) is 19.0 Å². The fourth-order valence-corrected chi connectivity index (χ4v) is 3.93. The maximum atomic E-state index is 5.44. The molecule has 1 N–H and O–H groups in total. The zero-order valence-electron chi connectivity index (χ0n) is 14.9. The van der Waals surface area contributed by atoms with Crippen LogP contribution in [0.3, 0.4) is 0 Å². The molecule has 0 amide bonds. The quantitative estimate of drug-likeness (QED) is 0.890. The Bertz CT molecular complexity index is 673. The number of piperazine rings is 1. The van der Waals surface area contributed by atoms with E-state index in [1.54, 1.807) is 7.11 Å². The first kappa shape index (κ1) is 16.6. The SMILES string of the molecule is COc1ccc(-n2cccn2)c(CN2CCN([C@@H]3CCNC3)CC2)c1. The van der Waals surface area contributed by atoms with Gasteiger partial charge in [0.2, 0.25) is 0 Å². The predicted octanol–water partition coefficient (Wildman–Crippen LogP) is 1.36. The van der Waals surface area contributed by atoms with Crippen LogP contribution in [0.5, 0.6) is 5.75 Å². The Morgan fingerprint density at radius 3 is 2.80 bits per heavy atom. The van der Waals surface area contributed by atoms with Crippen LogP contribution in [0.2, 0.25) is 0 Å². The third-order valence-corrected chi connectivity index (χ3v) is 5.39. The van der Waals surface area contributed by atoms with E-state index in [-0.39, 0.29) is 0 Å². The van der Waals surface area contributed by atoms with Crippen molar-refractivity contribution in [3.8, 4) is 11.4 Å². The number of benzene rings is 1. The van der Waals surface area contributed by atoms with Crippen LogP contribution >= 0.6 is 0 Å². The molecule has 134 valence electrons. The van der Waals surface area contributed by atoms with Crippen molar-refractivity contribution in [1.29, 1.82) is 0 Å². The first-order valence-corrected chi connectivity index (χ1v) is 9.17. The predicted molar refractivity (Wildman–Crippen MR) is 98.2 cm³/mol. The Balaban J connectivity index is 1.45. The number of nitrogens with zero attached hydrogens (tertiary/aromatic N) is 4. The molecule has 2 aliphatic rings. The van der Waals surface area contributed by atoms with E-state index >= 15 is 0 Å². The molecule has 0 spiro atoms. The minimum absolute atomic E-state index is 0.735. The lowest BCUT2D eigenvalue weighted by molar-refractivity contribution is 0.0980. The molecule has 0 radical (unpaired) electrons. The van der Waals surface area contributed by atoms with E-state index in [0.29, 0.717) is 0 Å². The lowest BCUT2D eigenvalue weighted by atomic mass is 10.1. The van der Waals surface area contributed by atoms with Gasteiger partial charge in [-0.1, -0.05) is 0 Å². The molecule has 0 saturated carbocycles. The molecule has 4 rings (SSSR count). The highest BCUT2D eigenvalue weighted by Gasteiger charge is 2.26. The molecular formula is C19H27N5O. The van der Waals surface area contributed by atoms with Crippen molar-refractivity contribution in [2.24, 2.45) is 0 Å². The van der Waals surface area contributed by atoms with Crippen molar-refractivity contribution in [3.05, 3.63) is 42.2 Å². The molecule has 2 aliphatic heterocycles. The molecule has 25 heavy (non-hydrogen) atoms. The molecule has 0 unspecified atom stereocenters. The van der Waals surface area contributed by atoms with Crippen LogP contribution in [-0.2, 0) is 6.54 Å². The number of rotatable bonds is 5. The van der Waals surface area contributed by atoms with Crippen LogP contribution in [0.25, 0.3) is 5.69 Å². The highest BCUT2D eigenvalue weighted by atomic mass is 16.5. The Kier molecular flexibility index (Phi) is 5.01. The fraction of sp³-hybridized carbons (Fsp3) is 0.526. The number of nitrogens with one attached hydrogen (secondary N) is 1. The molecule has 2 saturated heterocycles. The van der Waals surface area contributed by atoms with E-state index < -0.39 is 0 Å². The summed E-state index contributed by atoms with van der Waals surface area (Å²) < 4.78 is 7.38. The van der Waals surface area contributed by atoms with Crippen LogP contribution in [0.1, 0.15) is 12.0 Å². The highest BCUT2D eigenvalue weighted by molar-refractivity contribution is 5.45. The topological polar surface area (TPSA) is 45.6 Å². The number of aromatic nitrogens is 2. The van der Waals surface area contributed by atoms with Crippen molar-refractivity contribution in [3.63, 3.8) is 0 Å². The van der Waals surface area contributed by atoms with Gasteiger partial charge in [-0.25, -0.2) is 4.68 Å². The summed E-state index contributed by atoms with van der Waals surface area (Å²) in [5.74, 6) is 0.904. The van der Waals surface area contributed by atoms with Gasteiger partial charge in [-0.2, -0.15) is 5.10 Å². The van der Waals surface area contributed by atoms with Crippen LogP contribution in [0, 0.1) is 0 Å². The maximum absolute atomic E-state index is 5.44. The monoisotopic (exact) mass is 341 g/mol. The summed E-state index contributed by atoms with van der Waals surface area (Å²) in [5.41, 5.74) is 2.40. The lowest BCUT2D eigenvalue weighted by Gasteiger charge is -2.38. The summed E-state index contributed by atoms with van der Waals surface area (Å²) in [4.78, 5) is 5.19. The molecule has 1 aromatic carbocycles. The molecule has 1 aromatic heterocycles. The Hall–Kier alpha value is -1.89. The fourth-order valence-electron chi connectivity index (χ4n) is 3.93. The first-order chi connectivity index (χ1) is 12.3. The van der Waals surface area contributed by atoms with E-state index in [4.69, 9.17) is 4.74 Å². The van der Waals surface area contributed by atoms with Crippen molar-refractivity contribution < 1.29 is 4.74 Å². The van der Waals surface area contributed by atoms with Gasteiger partial charge in [-0.05, 0) is 42.8 Å². The number of ether oxygens (including phenoxy) is 1. The van der Waals surface area contributed by atoms with Crippen LogP contribution in [0.15, 0.2) is 36.7 Å². The zero-order chi connectivity index (χ0) is 17.1. The summed E-state index contributed by atoms with van der Waals surface area (Å²) in [7, 11) is 1.72. The minimum Gasteiger partial charge on any atom is -0.497 e. The van der Waals surface area contributed by atoms with Crippen molar-refractivity contribution >= 4 is 0 Å². The Labute approximate surface area is 149 Å². The van der Waals surface area contributed by atoms with E-state index in [1.807, 2.05) is 29.2 Å². The standard InChI is InChI=1S/C19H27N5O/c1-25-18-3-4-19(24-8-2-6-21-24)16(13-18)15-22-9-11-23(12-10-22)17-5-7-20-14-17/h2-4,6,8,13,17,20H,5,7,9-12,14-15H2,1H3/t17-/m1/s1. The van der Waals surface area contributed by atoms with Crippen LogP contribution in [-0.4, -0.2) is 72.0 Å². The van der Waals surface area contributed by atoms with E-state index in [2.05, 4.69) is 32.3 Å². The molecule has 3 heterocycles. The van der Waals surface area contributed by atoms with Crippen molar-refractivity contribution in [2.75, 3.05) is 46.4 Å². The molecule has 6 nitrogen and oxygen atoms in total. The number of hydrogen-bond acceptors (Lipinski definition) is 5. The second kappa shape index (κ2) is 7.56. The van der Waals surface area contributed by atoms with Gasteiger partial charge in [0.25, 0.3) is 0 Å². The van der Waals surface area contributed by atoms with Gasteiger partial charge in [-0.15, -0.1) is 0 Å². The largest absolute Gasteiger partial charge is 0.497 e. The average Bonchev–Trinajstić information content (AvgIpc) is 3.36. The van der Waals surface area contributed by atoms with E-state index in [1.165, 1.54) is 18.5 Å². The van der Waals surface area contributed by atoms with Gasteiger partial charge in [0.1, 0.15) is 5.75 Å². The average molecular weight is 341 g/mol. The summed E-state index contributed by atoms with van der Waals surface area (Å²) in [6.07, 6.45) is 5.11. The summed E-state index contributed by atoms with van der Waals surface area (Å²) >= 11 is 0. The third-order valence-electron chi connectivity index (χ3n) is 5.39. The maximum Gasteiger partial charge on any atom is 0.119 e. The minimum atomic E-state index is 0.735. The van der Waals surface area contributed by atoms with Gasteiger partial charge in [-0.3, -0.25) is 9.80 Å². The first-order valence-electron chi connectivity index (χ1n) is 9.17. The molecule has 2 aromatic rings. The van der Waals surface area contributed by atoms with Crippen LogP contribution < -0.4 is 10.1 Å². The molecule has 0 aliphatic carbocycles. The number of methoxy groups -OCH3 is 1. The van der Waals surface area contributed by atoms with Gasteiger partial charge in [0.15, 0.2) is 0 Å². The third kappa shape index (κ3) is 3.71. The lowest BCUT2D eigenvalue weighted by Crippen LogP contribution is -2.50. The Morgan fingerprint density at radius 1 is 1.24 bits per heavy atom. The van der Waals surface area contributed by atoms with E-state index in [0.717, 1.165) is 56.7 Å². The normalized spacial score (nSPS) is 22.4. The van der Waals surface area contributed by atoms with Gasteiger partial charge >= 0.3 is 0 Å². The second-order valence-electron chi connectivity index (χ2n) is 6.90.